The maximum Gasteiger partial charge on any atom is 0.316 e. The number of halogens is 1. The molecule has 0 aliphatic heterocycles. The number of thioether (sulfide) groups is 1. The van der Waals surface area contributed by atoms with Crippen LogP contribution in [0.15, 0.2) is 34.0 Å². The van der Waals surface area contributed by atoms with Crippen LogP contribution in [0.5, 0.6) is 0 Å². The minimum absolute atomic E-state index is 0.123. The zero-order valence-electron chi connectivity index (χ0n) is 14.5. The molecule has 3 rings (SSSR count). The average molecular weight is 409 g/mol. The molecule has 0 saturated carbocycles. The first kappa shape index (κ1) is 18.9. The number of ether oxygens (including phenoxy) is 1. The number of benzene rings is 1. The standard InChI is InChI=1S/C18H17ClN2O3S2/c1-9-11(3)26-18-15(9)17(23)20-16(21-18)10(2)24-14(22)8-25-13-7-5-4-6-12(13)19/h4-7,10H,8H2,1-3H3,(H,20,21,23). The lowest BCUT2D eigenvalue weighted by Crippen LogP contribution is -2.18. The summed E-state index contributed by atoms with van der Waals surface area (Å²) in [5, 5.41) is 1.20. The van der Waals surface area contributed by atoms with Crippen molar-refractivity contribution in [2.75, 3.05) is 5.75 Å². The van der Waals surface area contributed by atoms with E-state index in [0.29, 0.717) is 21.1 Å². The second kappa shape index (κ2) is 7.82. The second-order valence-electron chi connectivity index (χ2n) is 5.77. The van der Waals surface area contributed by atoms with Gasteiger partial charge in [-0.05, 0) is 38.5 Å². The molecule has 136 valence electrons. The Morgan fingerprint density at radius 1 is 1.38 bits per heavy atom. The van der Waals surface area contributed by atoms with Crippen molar-refractivity contribution in [3.8, 4) is 0 Å². The first-order valence-corrected chi connectivity index (χ1v) is 10.1. The predicted molar refractivity (Wildman–Crippen MR) is 106 cm³/mol. The molecule has 2 heterocycles. The van der Waals surface area contributed by atoms with E-state index in [4.69, 9.17) is 16.3 Å². The predicted octanol–water partition coefficient (Wildman–Crippen LogP) is 4.65. The van der Waals surface area contributed by atoms with Crippen LogP contribution >= 0.6 is 34.7 Å². The summed E-state index contributed by atoms with van der Waals surface area (Å²) in [5.41, 5.74) is 0.728. The van der Waals surface area contributed by atoms with Gasteiger partial charge in [0.05, 0.1) is 16.2 Å². The van der Waals surface area contributed by atoms with Crippen LogP contribution in [0.1, 0.15) is 29.3 Å². The van der Waals surface area contributed by atoms with Crippen molar-refractivity contribution in [1.29, 1.82) is 0 Å². The van der Waals surface area contributed by atoms with E-state index in [0.717, 1.165) is 15.3 Å². The monoisotopic (exact) mass is 408 g/mol. The molecule has 0 radical (unpaired) electrons. The number of nitrogens with zero attached hydrogens (tertiary/aromatic N) is 1. The molecule has 1 aromatic carbocycles. The van der Waals surface area contributed by atoms with Crippen LogP contribution in [0.3, 0.4) is 0 Å². The number of H-pyrrole nitrogens is 1. The molecule has 26 heavy (non-hydrogen) atoms. The van der Waals surface area contributed by atoms with E-state index in [2.05, 4.69) is 9.97 Å². The Balaban J connectivity index is 1.70. The number of carbonyl (C=O) groups excluding carboxylic acids is 1. The average Bonchev–Trinajstić information content (AvgIpc) is 2.88. The number of fused-ring (bicyclic) bond motifs is 1. The lowest BCUT2D eigenvalue weighted by Gasteiger charge is -2.12. The third-order valence-corrected chi connectivity index (χ3v) is 6.52. The summed E-state index contributed by atoms with van der Waals surface area (Å²) in [7, 11) is 0. The van der Waals surface area contributed by atoms with Gasteiger partial charge in [0.2, 0.25) is 0 Å². The minimum atomic E-state index is -0.644. The maximum atomic E-state index is 12.3. The highest BCUT2D eigenvalue weighted by atomic mass is 35.5. The van der Waals surface area contributed by atoms with E-state index in [1.165, 1.54) is 23.1 Å². The van der Waals surface area contributed by atoms with Crippen molar-refractivity contribution in [2.24, 2.45) is 0 Å². The van der Waals surface area contributed by atoms with Gasteiger partial charge in [-0.25, -0.2) is 4.98 Å². The first-order chi connectivity index (χ1) is 12.4. The van der Waals surface area contributed by atoms with E-state index in [9.17, 15) is 9.59 Å². The molecule has 0 bridgehead atoms. The van der Waals surface area contributed by atoms with Crippen LogP contribution in [0.25, 0.3) is 10.2 Å². The Bertz CT molecular complexity index is 1030. The highest BCUT2D eigenvalue weighted by Gasteiger charge is 2.18. The van der Waals surface area contributed by atoms with Crippen LogP contribution < -0.4 is 5.56 Å². The van der Waals surface area contributed by atoms with Crippen LogP contribution in [-0.4, -0.2) is 21.7 Å². The first-order valence-electron chi connectivity index (χ1n) is 7.93. The maximum absolute atomic E-state index is 12.3. The molecule has 8 heteroatoms. The molecule has 0 aliphatic rings. The summed E-state index contributed by atoms with van der Waals surface area (Å²) in [6.45, 7) is 5.55. The van der Waals surface area contributed by atoms with Gasteiger partial charge in [-0.1, -0.05) is 23.7 Å². The van der Waals surface area contributed by atoms with Crippen molar-refractivity contribution in [3.05, 3.63) is 55.9 Å². The largest absolute Gasteiger partial charge is 0.454 e. The third-order valence-electron chi connectivity index (χ3n) is 3.93. The molecular formula is C18H17ClN2O3S2. The van der Waals surface area contributed by atoms with E-state index in [-0.39, 0.29) is 11.3 Å². The summed E-state index contributed by atoms with van der Waals surface area (Å²) in [6, 6.07) is 7.31. The number of hydrogen-bond donors (Lipinski definition) is 1. The highest BCUT2D eigenvalue weighted by molar-refractivity contribution is 8.00. The SMILES string of the molecule is Cc1sc2nc(C(C)OC(=O)CSc3ccccc3Cl)[nH]c(=O)c2c1C. The number of esters is 1. The fraction of sp³-hybridized carbons (Fsp3) is 0.278. The third kappa shape index (κ3) is 3.95. The number of hydrogen-bond acceptors (Lipinski definition) is 6. The van der Waals surface area contributed by atoms with Crippen molar-refractivity contribution < 1.29 is 9.53 Å². The smallest absolute Gasteiger partial charge is 0.316 e. The molecule has 1 atom stereocenters. The van der Waals surface area contributed by atoms with Crippen molar-refractivity contribution in [2.45, 2.75) is 31.8 Å². The topological polar surface area (TPSA) is 72.0 Å². The van der Waals surface area contributed by atoms with Gasteiger partial charge in [0.1, 0.15) is 4.83 Å². The van der Waals surface area contributed by atoms with Crippen molar-refractivity contribution in [1.82, 2.24) is 9.97 Å². The molecule has 3 aromatic rings. The molecule has 1 N–H and O–H groups in total. The number of carbonyl (C=O) groups is 1. The Labute approximate surface area is 163 Å². The molecular weight excluding hydrogens is 392 g/mol. The lowest BCUT2D eigenvalue weighted by atomic mass is 10.2. The summed E-state index contributed by atoms with van der Waals surface area (Å²) in [5.74, 6) is 0.0705. The van der Waals surface area contributed by atoms with Crippen LogP contribution in [0.4, 0.5) is 0 Å². The highest BCUT2D eigenvalue weighted by Crippen LogP contribution is 2.28. The Morgan fingerprint density at radius 3 is 2.85 bits per heavy atom. The minimum Gasteiger partial charge on any atom is -0.454 e. The number of aromatic amines is 1. The summed E-state index contributed by atoms with van der Waals surface area (Å²) in [6.07, 6.45) is -0.644. The Morgan fingerprint density at radius 2 is 2.12 bits per heavy atom. The van der Waals surface area contributed by atoms with Gasteiger partial charge in [-0.15, -0.1) is 23.1 Å². The normalized spacial score (nSPS) is 12.3. The molecule has 1 unspecified atom stereocenters. The van der Waals surface area contributed by atoms with Gasteiger partial charge in [0, 0.05) is 9.77 Å². The Kier molecular flexibility index (Phi) is 5.70. The molecule has 0 saturated heterocycles. The second-order valence-corrected chi connectivity index (χ2v) is 8.39. The fourth-order valence-electron chi connectivity index (χ4n) is 2.45. The molecule has 0 aliphatic carbocycles. The van der Waals surface area contributed by atoms with Gasteiger partial charge in [0.25, 0.3) is 5.56 Å². The van der Waals surface area contributed by atoms with Crippen molar-refractivity contribution in [3.63, 3.8) is 0 Å². The number of rotatable bonds is 5. The van der Waals surface area contributed by atoms with Gasteiger partial charge in [-0.2, -0.15) is 0 Å². The molecule has 2 aromatic heterocycles. The van der Waals surface area contributed by atoms with E-state index in [1.807, 2.05) is 32.0 Å². The zero-order valence-corrected chi connectivity index (χ0v) is 16.8. The van der Waals surface area contributed by atoms with E-state index < -0.39 is 12.1 Å². The van der Waals surface area contributed by atoms with Gasteiger partial charge >= 0.3 is 5.97 Å². The number of thiophene rings is 1. The molecule has 5 nitrogen and oxygen atoms in total. The van der Waals surface area contributed by atoms with Crippen LogP contribution in [-0.2, 0) is 9.53 Å². The number of nitrogens with one attached hydrogen (secondary N) is 1. The van der Waals surface area contributed by atoms with E-state index >= 15 is 0 Å². The summed E-state index contributed by atoms with van der Waals surface area (Å²) < 4.78 is 5.41. The summed E-state index contributed by atoms with van der Waals surface area (Å²) >= 11 is 8.84. The van der Waals surface area contributed by atoms with Gasteiger partial charge < -0.3 is 9.72 Å². The molecule has 0 spiro atoms. The summed E-state index contributed by atoms with van der Waals surface area (Å²) in [4.78, 5) is 34.2. The number of aromatic nitrogens is 2. The van der Waals surface area contributed by atoms with Gasteiger partial charge in [-0.3, -0.25) is 9.59 Å². The quantitative estimate of drug-likeness (QED) is 0.491. The van der Waals surface area contributed by atoms with Crippen molar-refractivity contribution >= 4 is 50.9 Å². The van der Waals surface area contributed by atoms with Gasteiger partial charge in [0.15, 0.2) is 11.9 Å². The zero-order chi connectivity index (χ0) is 18.8. The molecule has 0 fully saturated rings. The number of aryl methyl sites for hydroxylation is 2. The Hall–Kier alpha value is -1.83. The van der Waals surface area contributed by atoms with Crippen LogP contribution in [0.2, 0.25) is 5.02 Å². The molecule has 0 amide bonds. The van der Waals surface area contributed by atoms with E-state index in [1.54, 1.807) is 13.0 Å². The lowest BCUT2D eigenvalue weighted by molar-refractivity contribution is -0.145. The fourth-order valence-corrected chi connectivity index (χ4v) is 4.51. The van der Waals surface area contributed by atoms with Crippen LogP contribution in [0, 0.1) is 13.8 Å².